The van der Waals surface area contributed by atoms with E-state index < -0.39 is 50.6 Å². The third kappa shape index (κ3) is 39.8. The number of aliphatic hydroxyl groups is 2. The lowest BCUT2D eigenvalue weighted by Crippen LogP contribution is -2.30. The van der Waals surface area contributed by atoms with Crippen molar-refractivity contribution in [3.05, 3.63) is 0 Å². The molecule has 0 aliphatic carbocycles. The smallest absolute Gasteiger partial charge is 0.330 e. The van der Waals surface area contributed by atoms with Crippen LogP contribution in [-0.2, 0) is 32.9 Å². The Labute approximate surface area is 343 Å². The van der Waals surface area contributed by atoms with Gasteiger partial charge < -0.3 is 33.8 Å². The third-order valence-corrected chi connectivity index (χ3v) is 11.9. The number of carbonyl (C=O) groups excluding carboxylic acids is 2. The molecule has 0 aromatic rings. The van der Waals surface area contributed by atoms with Gasteiger partial charge in [-0.15, -0.1) is 0 Å². The fourth-order valence-corrected chi connectivity index (χ4v) is 7.94. The molecule has 0 rings (SSSR count). The van der Waals surface area contributed by atoms with Crippen LogP contribution in [0, 0.1) is 0 Å². The fourth-order valence-electron chi connectivity index (χ4n) is 6.80. The molecule has 0 aromatic heterocycles. The van der Waals surface area contributed by atoms with Crippen LogP contribution in [0.15, 0.2) is 0 Å². The summed E-state index contributed by atoms with van der Waals surface area (Å²) in [5.74, 6) is -0.869. The summed E-state index contributed by atoms with van der Waals surface area (Å²) in [7, 11) is -4.29. The van der Waals surface area contributed by atoms with E-state index in [9.17, 15) is 24.2 Å². The summed E-state index contributed by atoms with van der Waals surface area (Å²) in [4.78, 5) is 35.6. The first-order valence-electron chi connectivity index (χ1n) is 23.3. The zero-order valence-electron chi connectivity index (χ0n) is 36.5. The molecule has 10 nitrogen and oxygen atoms in total. The number of unbranched alkanes of at least 4 members (excludes halogenated alkanes) is 28. The van der Waals surface area contributed by atoms with Gasteiger partial charge in [-0.25, -0.2) is 0 Å². The highest BCUT2D eigenvalue weighted by molar-refractivity contribution is 7.52. The van der Waals surface area contributed by atoms with Gasteiger partial charge in [-0.3, -0.25) is 14.2 Å². The van der Waals surface area contributed by atoms with E-state index in [1.807, 2.05) is 0 Å². The number of esters is 2. The van der Waals surface area contributed by atoms with Gasteiger partial charge in [-0.1, -0.05) is 194 Å². The molecule has 0 aliphatic heterocycles. The molecule has 334 valence electrons. The van der Waals surface area contributed by atoms with Crippen molar-refractivity contribution < 1.29 is 48.0 Å². The molecular weight excluding hydrogens is 731 g/mol. The van der Waals surface area contributed by atoms with Gasteiger partial charge in [0.05, 0.1) is 38.2 Å². The van der Waals surface area contributed by atoms with Gasteiger partial charge in [0.2, 0.25) is 0 Å². The molecule has 4 atom stereocenters. The number of hydrogen-bond donors (Lipinski definition) is 3. The predicted octanol–water partition coefficient (Wildman–Crippen LogP) is 11.9. The van der Waals surface area contributed by atoms with Gasteiger partial charge in [0.1, 0.15) is 6.61 Å². The minimum Gasteiger partial charge on any atom is -0.462 e. The second-order valence-corrected chi connectivity index (χ2v) is 18.2. The maximum absolute atomic E-state index is 12.7. The Kier molecular flexibility index (Phi) is 40.0. The lowest BCUT2D eigenvalue weighted by molar-refractivity contribution is -0.161. The summed E-state index contributed by atoms with van der Waals surface area (Å²) in [5, 5.41) is 19.2. The van der Waals surface area contributed by atoms with Crippen molar-refractivity contribution in [3.8, 4) is 0 Å². The Morgan fingerprint density at radius 2 is 0.893 bits per heavy atom. The Morgan fingerprint density at radius 1 is 0.536 bits per heavy atom. The average molecular weight is 821 g/mol. The van der Waals surface area contributed by atoms with E-state index in [-0.39, 0.29) is 32.7 Å². The molecule has 11 heteroatoms. The third-order valence-electron chi connectivity index (χ3n) is 10.4. The van der Waals surface area contributed by atoms with E-state index in [1.165, 1.54) is 148 Å². The van der Waals surface area contributed by atoms with Crippen molar-refractivity contribution in [3.63, 3.8) is 0 Å². The number of hydrogen-bond acceptors (Lipinski definition) is 9. The average Bonchev–Trinajstić information content (AvgIpc) is 3.17. The summed E-state index contributed by atoms with van der Waals surface area (Å²) in [6.07, 6.45) is 34.0. The fraction of sp³-hybridized carbons (Fsp3) is 0.956. The monoisotopic (exact) mass is 821 g/mol. The number of aliphatic hydroxyl groups excluding tert-OH is 2. The molecular formula is C45H89O10P. The molecule has 0 fully saturated rings. The van der Waals surface area contributed by atoms with Crippen LogP contribution in [0.1, 0.15) is 226 Å². The van der Waals surface area contributed by atoms with Crippen molar-refractivity contribution in [2.24, 2.45) is 0 Å². The molecule has 0 bridgehead atoms. The standard InChI is InChI=1S/C45H89O10P/c1-4-6-8-10-12-14-16-18-20-22-24-26-28-30-32-34-44(48)53-38-43(39-54-56(50,51)40-42(47)37-52-41(3)36-46)55-45(49)35-33-31-29-27-25-23-21-19-17-15-13-11-9-7-5-2/h41-43,46-47H,4-40H2,1-3H3,(H,50,51)/t41?,42?,43-/m1/s1. The lowest BCUT2D eigenvalue weighted by Gasteiger charge is -2.21. The summed E-state index contributed by atoms with van der Waals surface area (Å²) in [6, 6.07) is 0. The first-order chi connectivity index (χ1) is 27.1. The summed E-state index contributed by atoms with van der Waals surface area (Å²) >= 11 is 0. The van der Waals surface area contributed by atoms with Crippen LogP contribution in [-0.4, -0.2) is 77.9 Å². The molecule has 3 N–H and O–H groups in total. The zero-order valence-corrected chi connectivity index (χ0v) is 37.4. The molecule has 56 heavy (non-hydrogen) atoms. The molecule has 0 saturated carbocycles. The van der Waals surface area contributed by atoms with Crippen molar-refractivity contribution in [1.82, 2.24) is 0 Å². The highest BCUT2D eigenvalue weighted by Gasteiger charge is 2.28. The second-order valence-electron chi connectivity index (χ2n) is 16.3. The normalized spacial score (nSPS) is 14.3. The number of rotatable bonds is 44. The van der Waals surface area contributed by atoms with Crippen LogP contribution < -0.4 is 0 Å². The van der Waals surface area contributed by atoms with Gasteiger partial charge in [-0.05, 0) is 19.8 Å². The van der Waals surface area contributed by atoms with Gasteiger partial charge in [-0.2, -0.15) is 0 Å². The minimum absolute atomic E-state index is 0.206. The Hall–Kier alpha value is -1.03. The van der Waals surface area contributed by atoms with Crippen molar-refractivity contribution >= 4 is 19.5 Å². The van der Waals surface area contributed by atoms with Crippen LogP contribution in [0.25, 0.3) is 0 Å². The van der Waals surface area contributed by atoms with E-state index in [1.54, 1.807) is 6.92 Å². The topological polar surface area (TPSA) is 149 Å². The van der Waals surface area contributed by atoms with Gasteiger partial charge in [0.25, 0.3) is 0 Å². The van der Waals surface area contributed by atoms with Crippen LogP contribution in [0.2, 0.25) is 0 Å². The minimum atomic E-state index is -4.29. The van der Waals surface area contributed by atoms with Crippen LogP contribution in [0.4, 0.5) is 0 Å². The van der Waals surface area contributed by atoms with E-state index in [4.69, 9.17) is 23.8 Å². The Bertz CT molecular complexity index is 919. The van der Waals surface area contributed by atoms with Gasteiger partial charge >= 0.3 is 19.5 Å². The van der Waals surface area contributed by atoms with E-state index in [0.717, 1.165) is 38.5 Å². The zero-order chi connectivity index (χ0) is 41.4. The van der Waals surface area contributed by atoms with E-state index in [0.29, 0.717) is 6.42 Å². The van der Waals surface area contributed by atoms with Crippen LogP contribution >= 0.6 is 7.60 Å². The summed E-state index contributed by atoms with van der Waals surface area (Å²) < 4.78 is 34.1. The molecule has 0 saturated heterocycles. The molecule has 0 aromatic carbocycles. The molecule has 0 radical (unpaired) electrons. The van der Waals surface area contributed by atoms with Crippen molar-refractivity contribution in [1.29, 1.82) is 0 Å². The second kappa shape index (κ2) is 40.7. The van der Waals surface area contributed by atoms with Crippen molar-refractivity contribution in [2.75, 3.05) is 32.6 Å². The Morgan fingerprint density at radius 3 is 1.27 bits per heavy atom. The van der Waals surface area contributed by atoms with E-state index >= 15 is 0 Å². The van der Waals surface area contributed by atoms with E-state index in [2.05, 4.69) is 13.8 Å². The van der Waals surface area contributed by atoms with Gasteiger partial charge in [0.15, 0.2) is 6.10 Å². The predicted molar refractivity (Wildman–Crippen MR) is 229 cm³/mol. The maximum Gasteiger partial charge on any atom is 0.330 e. The number of carbonyl (C=O) groups is 2. The molecule has 0 aliphatic rings. The Balaban J connectivity index is 4.41. The summed E-state index contributed by atoms with van der Waals surface area (Å²) in [5.41, 5.74) is 0. The number of ether oxygens (including phenoxy) is 3. The SMILES string of the molecule is CCCCCCCCCCCCCCCCCC(=O)OC[C@H](COP(=O)(O)CC(O)COC(C)CO)OC(=O)CCCCCCCCCCCCCCCCC. The summed E-state index contributed by atoms with van der Waals surface area (Å²) in [6.45, 7) is 4.90. The lowest BCUT2D eigenvalue weighted by atomic mass is 10.0. The highest BCUT2D eigenvalue weighted by Crippen LogP contribution is 2.42. The first-order valence-corrected chi connectivity index (χ1v) is 25.1. The first kappa shape index (κ1) is 55.0. The molecule has 0 spiro atoms. The van der Waals surface area contributed by atoms with Gasteiger partial charge in [0, 0.05) is 12.8 Å². The van der Waals surface area contributed by atoms with Crippen LogP contribution in [0.3, 0.4) is 0 Å². The van der Waals surface area contributed by atoms with Crippen LogP contribution in [0.5, 0.6) is 0 Å². The van der Waals surface area contributed by atoms with Crippen molar-refractivity contribution in [2.45, 2.75) is 245 Å². The molecule has 3 unspecified atom stereocenters. The highest BCUT2D eigenvalue weighted by atomic mass is 31.2. The molecule has 0 amide bonds. The molecule has 0 heterocycles. The quantitative estimate of drug-likeness (QED) is 0.0308. The maximum atomic E-state index is 12.7. The largest absolute Gasteiger partial charge is 0.462 e.